The standard InChI is InChI=1S/2C9H7.2C7H7.C4H10Si.Hf/c2*1-2-5-9-7-3-6-8(9)4-1;2*1-7-5-3-2-4-6-7;1-3-5-4-2;/h2*1-7H;2*2-6H,1H2;3-4H2,1-2H3;/q4*-1;;+4. The van der Waals surface area contributed by atoms with Crippen LogP contribution in [0.2, 0.25) is 12.1 Å². The van der Waals surface area contributed by atoms with Crippen LogP contribution in [-0.2, 0) is 25.8 Å². The van der Waals surface area contributed by atoms with Crippen LogP contribution in [0, 0.1) is 13.8 Å². The van der Waals surface area contributed by atoms with Crippen LogP contribution in [0.4, 0.5) is 0 Å². The molecule has 2 heteroatoms. The van der Waals surface area contributed by atoms with E-state index in [1.165, 1.54) is 43.2 Å². The first-order valence-electron chi connectivity index (χ1n) is 12.8. The maximum absolute atomic E-state index is 3.72. The molecule has 0 fully saturated rings. The molecule has 6 aromatic carbocycles. The molecule has 190 valence electrons. The van der Waals surface area contributed by atoms with Crippen molar-refractivity contribution in [2.24, 2.45) is 0 Å². The molecule has 0 aliphatic carbocycles. The third kappa shape index (κ3) is 14.0. The van der Waals surface area contributed by atoms with E-state index in [0.29, 0.717) is 0 Å². The van der Waals surface area contributed by atoms with E-state index in [-0.39, 0.29) is 25.8 Å². The van der Waals surface area contributed by atoms with Gasteiger partial charge in [0, 0.05) is 9.52 Å². The summed E-state index contributed by atoms with van der Waals surface area (Å²) >= 11 is 0. The number of benzene rings is 4. The first-order chi connectivity index (χ1) is 18.1. The SMILES string of the molecule is CC[Si]CC.[CH2-]c1ccccc1.[CH2-]c1ccccc1.[Hf+4].c1ccc2[cH-]ccc2c1.c1ccc2[cH-]ccc2c1. The Kier molecular flexibility index (Phi) is 18.1. The van der Waals surface area contributed by atoms with Gasteiger partial charge in [0.05, 0.1) is 0 Å². The van der Waals surface area contributed by atoms with Crippen molar-refractivity contribution >= 4 is 31.1 Å². The molecule has 6 rings (SSSR count). The minimum atomic E-state index is 0. The molecular weight excluding hydrogens is 639 g/mol. The van der Waals surface area contributed by atoms with Crippen molar-refractivity contribution in [3.63, 3.8) is 0 Å². The zero-order chi connectivity index (χ0) is 26.6. The number of rotatable bonds is 2. The first kappa shape index (κ1) is 33.0. The van der Waals surface area contributed by atoms with Crippen molar-refractivity contribution in [1.82, 2.24) is 0 Å². The normalized spacial score (nSPS) is 9.11. The molecular formula is C36H38HfSi. The van der Waals surface area contributed by atoms with Crippen LogP contribution >= 0.6 is 0 Å². The van der Waals surface area contributed by atoms with Crippen LogP contribution in [-0.4, -0.2) is 9.52 Å². The molecule has 0 unspecified atom stereocenters. The summed E-state index contributed by atoms with van der Waals surface area (Å²) in [7, 11) is 1.20. The molecule has 0 aliphatic rings. The van der Waals surface area contributed by atoms with Crippen LogP contribution < -0.4 is 0 Å². The second-order valence-corrected chi connectivity index (χ2v) is 10.2. The fourth-order valence-corrected chi connectivity index (χ4v) is 3.85. The van der Waals surface area contributed by atoms with Crippen molar-refractivity contribution < 1.29 is 25.8 Å². The van der Waals surface area contributed by atoms with Crippen LogP contribution in [0.5, 0.6) is 0 Å². The Morgan fingerprint density at radius 3 is 1.11 bits per heavy atom. The topological polar surface area (TPSA) is 0 Å². The average molecular weight is 677 g/mol. The summed E-state index contributed by atoms with van der Waals surface area (Å²) in [6.07, 6.45) is 0. The number of hydrogen-bond acceptors (Lipinski definition) is 0. The van der Waals surface area contributed by atoms with Gasteiger partial charge in [0.2, 0.25) is 0 Å². The second-order valence-electron chi connectivity index (χ2n) is 8.24. The molecule has 6 aromatic rings. The van der Waals surface area contributed by atoms with E-state index >= 15 is 0 Å². The molecule has 0 saturated heterocycles. The average Bonchev–Trinajstić information content (AvgIpc) is 3.61. The minimum absolute atomic E-state index is 0. The van der Waals surface area contributed by atoms with Crippen molar-refractivity contribution in [2.75, 3.05) is 0 Å². The Hall–Kier alpha value is -3.07. The molecule has 0 aromatic heterocycles. The summed E-state index contributed by atoms with van der Waals surface area (Å²) in [4.78, 5) is 0. The zero-order valence-corrected chi connectivity index (χ0v) is 27.3. The van der Waals surface area contributed by atoms with Gasteiger partial charge in [-0.2, -0.15) is 84.3 Å². The summed E-state index contributed by atoms with van der Waals surface area (Å²) in [6, 6.07) is 51.8. The molecule has 2 radical (unpaired) electrons. The van der Waals surface area contributed by atoms with E-state index in [2.05, 4.69) is 113 Å². The Balaban J connectivity index is 0.000000240. The predicted octanol–water partition coefficient (Wildman–Crippen LogP) is 10.4. The Labute approximate surface area is 252 Å². The van der Waals surface area contributed by atoms with Gasteiger partial charge in [-0.05, 0) is 0 Å². The summed E-state index contributed by atoms with van der Waals surface area (Å²) < 4.78 is 0. The van der Waals surface area contributed by atoms with Crippen LogP contribution in [0.3, 0.4) is 0 Å². The molecule has 0 spiro atoms. The molecule has 0 bridgehead atoms. The van der Waals surface area contributed by atoms with E-state index in [1.807, 2.05) is 60.7 Å². The molecule has 0 heterocycles. The summed E-state index contributed by atoms with van der Waals surface area (Å²) in [5, 5.41) is 5.32. The van der Waals surface area contributed by atoms with E-state index in [9.17, 15) is 0 Å². The molecule has 0 atom stereocenters. The van der Waals surface area contributed by atoms with Crippen LogP contribution in [0.1, 0.15) is 25.0 Å². The van der Waals surface area contributed by atoms with Gasteiger partial charge in [-0.3, -0.25) is 0 Å². The molecule has 0 nitrogen and oxygen atoms in total. The number of fused-ring (bicyclic) bond motifs is 2. The Bertz CT molecular complexity index is 1170. The molecule has 0 saturated carbocycles. The van der Waals surface area contributed by atoms with E-state index in [0.717, 1.165) is 11.1 Å². The fraction of sp³-hybridized carbons (Fsp3) is 0.111. The van der Waals surface area contributed by atoms with Gasteiger partial charge in [0.25, 0.3) is 0 Å². The van der Waals surface area contributed by atoms with Crippen molar-refractivity contribution in [2.45, 2.75) is 25.9 Å². The Morgan fingerprint density at radius 2 is 0.842 bits per heavy atom. The maximum atomic E-state index is 3.72. The van der Waals surface area contributed by atoms with Crippen LogP contribution in [0.25, 0.3) is 21.5 Å². The van der Waals surface area contributed by atoms with Crippen molar-refractivity contribution in [3.05, 3.63) is 171 Å². The summed E-state index contributed by atoms with van der Waals surface area (Å²) in [6.45, 7) is 11.9. The van der Waals surface area contributed by atoms with E-state index in [1.54, 1.807) is 0 Å². The third-order valence-corrected chi connectivity index (χ3v) is 6.28. The molecule has 38 heavy (non-hydrogen) atoms. The van der Waals surface area contributed by atoms with Crippen molar-refractivity contribution in [3.8, 4) is 0 Å². The van der Waals surface area contributed by atoms with Gasteiger partial charge in [0.15, 0.2) is 0 Å². The zero-order valence-electron chi connectivity index (χ0n) is 22.7. The van der Waals surface area contributed by atoms with E-state index < -0.39 is 0 Å². The second kappa shape index (κ2) is 20.9. The minimum Gasteiger partial charge on any atom is -0.199 e. The molecule has 0 N–H and O–H groups in total. The fourth-order valence-electron chi connectivity index (χ4n) is 3.35. The molecule has 0 aliphatic heterocycles. The first-order valence-corrected chi connectivity index (χ1v) is 14.2. The third-order valence-electron chi connectivity index (χ3n) is 5.28. The monoisotopic (exact) mass is 678 g/mol. The number of hydrogen-bond donors (Lipinski definition) is 0. The van der Waals surface area contributed by atoms with Gasteiger partial charge in [-0.1, -0.05) is 50.2 Å². The van der Waals surface area contributed by atoms with Crippen LogP contribution in [0.15, 0.2) is 146 Å². The quantitative estimate of drug-likeness (QED) is 0.126. The summed E-state index contributed by atoms with van der Waals surface area (Å²) in [5.74, 6) is 0. The largest absolute Gasteiger partial charge is 4.00 e. The van der Waals surface area contributed by atoms with Gasteiger partial charge >= 0.3 is 25.8 Å². The molecule has 0 amide bonds. The van der Waals surface area contributed by atoms with Gasteiger partial charge in [-0.25, -0.2) is 0 Å². The summed E-state index contributed by atoms with van der Waals surface area (Å²) in [5.41, 5.74) is 2.14. The van der Waals surface area contributed by atoms with Gasteiger partial charge in [0.1, 0.15) is 0 Å². The maximum Gasteiger partial charge on any atom is 4.00 e. The smallest absolute Gasteiger partial charge is 0.199 e. The van der Waals surface area contributed by atoms with E-state index in [4.69, 9.17) is 0 Å². The Morgan fingerprint density at radius 1 is 0.500 bits per heavy atom. The van der Waals surface area contributed by atoms with Gasteiger partial charge in [-0.15, -0.1) is 83.6 Å². The van der Waals surface area contributed by atoms with Gasteiger partial charge < -0.3 is 0 Å². The van der Waals surface area contributed by atoms with Crippen molar-refractivity contribution in [1.29, 1.82) is 0 Å². The predicted molar refractivity (Wildman–Crippen MR) is 168 cm³/mol.